The number of nitrogens with one attached hydrogen (secondary N) is 1. The van der Waals surface area contributed by atoms with Crippen LogP contribution in [0.15, 0.2) is 6.07 Å². The highest BCUT2D eigenvalue weighted by Gasteiger charge is 2.32. The Kier molecular flexibility index (Phi) is 5.43. The van der Waals surface area contributed by atoms with E-state index in [0.29, 0.717) is 37.5 Å². The minimum atomic E-state index is -0.185. The van der Waals surface area contributed by atoms with Gasteiger partial charge in [0.1, 0.15) is 0 Å². The fraction of sp³-hybridized carbons (Fsp3) is 0.714. The number of ether oxygens (including phenoxy) is 2. The van der Waals surface area contributed by atoms with Crippen LogP contribution in [0.1, 0.15) is 31.9 Å². The number of hydrogen-bond acceptors (Lipinski definition) is 5. The molecule has 0 unspecified atom stereocenters. The first-order valence-corrected chi connectivity index (χ1v) is 7.61. The molecule has 0 aliphatic carbocycles. The van der Waals surface area contributed by atoms with Gasteiger partial charge in [-0.3, -0.25) is 0 Å². The summed E-state index contributed by atoms with van der Waals surface area (Å²) in [5.41, 5.74) is 0.695. The number of anilines is 1. The zero-order valence-electron chi connectivity index (χ0n) is 12.1. The van der Waals surface area contributed by atoms with E-state index >= 15 is 0 Å². The van der Waals surface area contributed by atoms with Crippen molar-refractivity contribution in [2.24, 2.45) is 0 Å². The molecule has 0 radical (unpaired) electrons. The van der Waals surface area contributed by atoms with Crippen LogP contribution in [0.4, 0.5) is 5.95 Å². The van der Waals surface area contributed by atoms with Crippen LogP contribution in [0.3, 0.4) is 0 Å². The van der Waals surface area contributed by atoms with Gasteiger partial charge in [0, 0.05) is 30.9 Å². The van der Waals surface area contributed by atoms with Crippen molar-refractivity contribution in [3.05, 3.63) is 11.8 Å². The van der Waals surface area contributed by atoms with E-state index in [1.807, 2.05) is 13.0 Å². The van der Waals surface area contributed by atoms with Crippen LogP contribution in [-0.4, -0.2) is 41.2 Å². The van der Waals surface area contributed by atoms with Gasteiger partial charge in [0.25, 0.3) is 0 Å². The van der Waals surface area contributed by atoms with Crippen molar-refractivity contribution in [1.29, 1.82) is 0 Å². The lowest BCUT2D eigenvalue weighted by Gasteiger charge is -2.36. The molecule has 0 spiro atoms. The fourth-order valence-electron chi connectivity index (χ4n) is 2.17. The summed E-state index contributed by atoms with van der Waals surface area (Å²) in [7, 11) is 0. The summed E-state index contributed by atoms with van der Waals surface area (Å²) in [6, 6.07) is 1.85. The summed E-state index contributed by atoms with van der Waals surface area (Å²) >= 11 is 6.15. The summed E-state index contributed by atoms with van der Waals surface area (Å²) in [5, 5.41) is 3.39. The molecule has 2 heterocycles. The van der Waals surface area contributed by atoms with Gasteiger partial charge in [-0.05, 0) is 26.2 Å². The second-order valence-electron chi connectivity index (χ2n) is 5.17. The monoisotopic (exact) mass is 299 g/mol. The third-order valence-corrected chi connectivity index (χ3v) is 3.88. The van der Waals surface area contributed by atoms with Crippen LogP contribution in [0.5, 0.6) is 5.88 Å². The SMILES string of the molecule is CCCOc1cc(C)nc(NC2(CCl)CCOCC2)n1. The number of hydrogen-bond donors (Lipinski definition) is 1. The van der Waals surface area contributed by atoms with E-state index in [-0.39, 0.29) is 5.54 Å². The average molecular weight is 300 g/mol. The predicted molar refractivity (Wildman–Crippen MR) is 79.7 cm³/mol. The molecule has 20 heavy (non-hydrogen) atoms. The van der Waals surface area contributed by atoms with Crippen LogP contribution in [-0.2, 0) is 4.74 Å². The smallest absolute Gasteiger partial charge is 0.226 e. The molecule has 1 aliphatic heterocycles. The molecule has 1 aromatic heterocycles. The Hall–Kier alpha value is -1.07. The van der Waals surface area contributed by atoms with Crippen molar-refractivity contribution in [3.8, 4) is 5.88 Å². The van der Waals surface area contributed by atoms with Gasteiger partial charge in [-0.1, -0.05) is 6.92 Å². The van der Waals surface area contributed by atoms with Gasteiger partial charge in [0.15, 0.2) is 0 Å². The molecule has 1 saturated heterocycles. The molecule has 6 heteroatoms. The zero-order valence-corrected chi connectivity index (χ0v) is 12.9. The molecule has 2 rings (SSSR count). The highest BCUT2D eigenvalue weighted by molar-refractivity contribution is 6.18. The molecule has 0 saturated carbocycles. The molecule has 1 fully saturated rings. The number of aromatic nitrogens is 2. The van der Waals surface area contributed by atoms with Crippen molar-refractivity contribution in [1.82, 2.24) is 9.97 Å². The van der Waals surface area contributed by atoms with E-state index in [9.17, 15) is 0 Å². The van der Waals surface area contributed by atoms with Crippen LogP contribution in [0, 0.1) is 6.92 Å². The average Bonchev–Trinajstić information content (AvgIpc) is 2.45. The molecule has 112 valence electrons. The summed E-state index contributed by atoms with van der Waals surface area (Å²) < 4.78 is 11.0. The summed E-state index contributed by atoms with van der Waals surface area (Å²) in [4.78, 5) is 8.84. The van der Waals surface area contributed by atoms with Crippen LogP contribution < -0.4 is 10.1 Å². The van der Waals surface area contributed by atoms with E-state index in [1.54, 1.807) is 0 Å². The normalized spacial score (nSPS) is 17.8. The Morgan fingerprint density at radius 2 is 2.15 bits per heavy atom. The van der Waals surface area contributed by atoms with Crippen LogP contribution in [0.25, 0.3) is 0 Å². The van der Waals surface area contributed by atoms with Gasteiger partial charge in [0.05, 0.1) is 12.1 Å². The summed E-state index contributed by atoms with van der Waals surface area (Å²) in [6.45, 7) is 6.08. The number of halogens is 1. The molecule has 1 aromatic rings. The number of nitrogens with zero attached hydrogens (tertiary/aromatic N) is 2. The lowest BCUT2D eigenvalue weighted by molar-refractivity contribution is 0.0665. The topological polar surface area (TPSA) is 56.3 Å². The molecule has 0 amide bonds. The Morgan fingerprint density at radius 3 is 2.80 bits per heavy atom. The van der Waals surface area contributed by atoms with Gasteiger partial charge in [0.2, 0.25) is 11.8 Å². The van der Waals surface area contributed by atoms with Crippen LogP contribution in [0.2, 0.25) is 0 Å². The lowest BCUT2D eigenvalue weighted by Crippen LogP contribution is -2.45. The van der Waals surface area contributed by atoms with Gasteiger partial charge in [-0.15, -0.1) is 11.6 Å². The van der Waals surface area contributed by atoms with E-state index in [1.165, 1.54) is 0 Å². The van der Waals surface area contributed by atoms with E-state index in [0.717, 1.165) is 25.0 Å². The number of aryl methyl sites for hydroxylation is 1. The zero-order chi connectivity index (χ0) is 14.4. The Labute approximate surface area is 125 Å². The molecule has 0 aromatic carbocycles. The van der Waals surface area contributed by atoms with Gasteiger partial charge < -0.3 is 14.8 Å². The van der Waals surface area contributed by atoms with Crippen molar-refractivity contribution >= 4 is 17.5 Å². The minimum Gasteiger partial charge on any atom is -0.478 e. The Morgan fingerprint density at radius 1 is 1.40 bits per heavy atom. The second-order valence-corrected chi connectivity index (χ2v) is 5.44. The third kappa shape index (κ3) is 3.96. The van der Waals surface area contributed by atoms with E-state index in [2.05, 4.69) is 22.2 Å². The van der Waals surface area contributed by atoms with E-state index < -0.39 is 0 Å². The highest BCUT2D eigenvalue weighted by atomic mass is 35.5. The quantitative estimate of drug-likeness (QED) is 0.819. The molecule has 1 aliphatic rings. The summed E-state index contributed by atoms with van der Waals surface area (Å²) in [5.74, 6) is 1.70. The minimum absolute atomic E-state index is 0.185. The van der Waals surface area contributed by atoms with Crippen molar-refractivity contribution in [3.63, 3.8) is 0 Å². The molecule has 1 N–H and O–H groups in total. The largest absolute Gasteiger partial charge is 0.478 e. The number of alkyl halides is 1. The van der Waals surface area contributed by atoms with Gasteiger partial charge in [-0.25, -0.2) is 4.98 Å². The highest BCUT2D eigenvalue weighted by Crippen LogP contribution is 2.26. The van der Waals surface area contributed by atoms with Gasteiger partial charge >= 0.3 is 0 Å². The van der Waals surface area contributed by atoms with Crippen LogP contribution >= 0.6 is 11.6 Å². The maximum absolute atomic E-state index is 6.15. The Balaban J connectivity index is 2.12. The number of rotatable bonds is 6. The first-order valence-electron chi connectivity index (χ1n) is 7.08. The predicted octanol–water partition coefficient (Wildman–Crippen LogP) is 2.77. The van der Waals surface area contributed by atoms with Crippen molar-refractivity contribution in [2.45, 2.75) is 38.6 Å². The maximum Gasteiger partial charge on any atom is 0.226 e. The van der Waals surface area contributed by atoms with Crippen molar-refractivity contribution in [2.75, 3.05) is 31.0 Å². The lowest BCUT2D eigenvalue weighted by atomic mass is 9.92. The molecular formula is C14H22ClN3O2. The molecule has 0 bridgehead atoms. The second kappa shape index (κ2) is 7.09. The first kappa shape index (κ1) is 15.3. The molecule has 0 atom stereocenters. The maximum atomic E-state index is 6.15. The third-order valence-electron chi connectivity index (χ3n) is 3.37. The molecular weight excluding hydrogens is 278 g/mol. The Bertz CT molecular complexity index is 436. The first-order chi connectivity index (χ1) is 9.67. The van der Waals surface area contributed by atoms with Crippen molar-refractivity contribution < 1.29 is 9.47 Å². The fourth-order valence-corrected chi connectivity index (χ4v) is 2.50. The van der Waals surface area contributed by atoms with E-state index in [4.69, 9.17) is 21.1 Å². The van der Waals surface area contributed by atoms with Gasteiger partial charge in [-0.2, -0.15) is 4.98 Å². The summed E-state index contributed by atoms with van der Waals surface area (Å²) in [6.07, 6.45) is 2.67. The standard InChI is InChI=1S/C14H22ClN3O2/c1-3-6-20-12-9-11(2)16-13(17-12)18-14(10-15)4-7-19-8-5-14/h9H,3-8,10H2,1-2H3,(H,16,17,18). The molecule has 5 nitrogen and oxygen atoms in total.